The van der Waals surface area contributed by atoms with Crippen LogP contribution >= 0.6 is 0 Å². The maximum atomic E-state index is 13.9. The second kappa shape index (κ2) is 14.9. The first-order valence-corrected chi connectivity index (χ1v) is 16.0. The van der Waals surface area contributed by atoms with Crippen LogP contribution in [-0.2, 0) is 32.0 Å². The van der Waals surface area contributed by atoms with Crippen LogP contribution in [0.25, 0.3) is 0 Å². The van der Waals surface area contributed by atoms with Crippen molar-refractivity contribution in [2.75, 3.05) is 6.54 Å². The Hall–Kier alpha value is -5.19. The Bertz CT molecular complexity index is 1610. The molecule has 3 aromatic rings. The highest BCUT2D eigenvalue weighted by molar-refractivity contribution is 5.99. The first-order chi connectivity index (χ1) is 22.6. The number of likely N-dealkylation sites (tertiary alicyclic amines) is 1. The highest BCUT2D eigenvalue weighted by atomic mass is 16.5. The zero-order valence-electron chi connectivity index (χ0n) is 26.6. The first-order valence-electron chi connectivity index (χ1n) is 16.0. The van der Waals surface area contributed by atoms with Gasteiger partial charge in [0.2, 0.25) is 23.6 Å². The van der Waals surface area contributed by atoms with Crippen LogP contribution in [-0.4, -0.2) is 65.1 Å². The molecule has 0 unspecified atom stereocenters. The number of nitrogens with one attached hydrogen (secondary N) is 3. The zero-order valence-corrected chi connectivity index (χ0v) is 26.6. The van der Waals surface area contributed by atoms with Crippen LogP contribution < -0.4 is 26.4 Å². The molecule has 0 aliphatic carbocycles. The van der Waals surface area contributed by atoms with Gasteiger partial charge in [0, 0.05) is 24.9 Å². The van der Waals surface area contributed by atoms with Gasteiger partial charge in [-0.15, -0.1) is 0 Å². The second-order valence-electron chi connectivity index (χ2n) is 12.5. The first kappa shape index (κ1) is 33.2. The molecule has 4 atom stereocenters. The number of nitrogens with two attached hydrogens (primary N) is 1. The lowest BCUT2D eigenvalue weighted by molar-refractivity contribution is -0.141. The van der Waals surface area contributed by atoms with Gasteiger partial charge in [0.1, 0.15) is 35.7 Å². The average Bonchev–Trinajstić information content (AvgIpc) is 3.55. The molecule has 11 nitrogen and oxygen atoms in total. The number of primary amides is 1. The molecule has 0 spiro atoms. The van der Waals surface area contributed by atoms with Crippen molar-refractivity contribution in [2.24, 2.45) is 11.7 Å². The van der Waals surface area contributed by atoms with Crippen molar-refractivity contribution in [1.82, 2.24) is 20.9 Å². The molecule has 5 amide bonds. The summed E-state index contributed by atoms with van der Waals surface area (Å²) >= 11 is 0. The van der Waals surface area contributed by atoms with E-state index in [0.717, 1.165) is 11.1 Å². The Labute approximate surface area is 274 Å². The molecule has 0 saturated carbocycles. The molecule has 1 saturated heterocycles. The van der Waals surface area contributed by atoms with Crippen molar-refractivity contribution in [3.8, 4) is 11.5 Å². The molecule has 1 fully saturated rings. The van der Waals surface area contributed by atoms with Gasteiger partial charge in [-0.1, -0.05) is 62.4 Å². The normalized spacial score (nSPS) is 22.0. The summed E-state index contributed by atoms with van der Waals surface area (Å²) in [7, 11) is 0. The predicted octanol–water partition coefficient (Wildman–Crippen LogP) is 2.87. The SMILES string of the molecule is CC(C)C[C@@H]1NC(=O)[C@@H](Cc2ccccc2)NC(=O)c2cccc(c2)Oc2ccc(cc2)C[C@@H](C(=O)N2CCC[C@@H]2C(N)=O)NC1=O. The summed E-state index contributed by atoms with van der Waals surface area (Å²) in [5, 5.41) is 8.59. The van der Waals surface area contributed by atoms with Gasteiger partial charge >= 0.3 is 0 Å². The largest absolute Gasteiger partial charge is 0.457 e. The predicted molar refractivity (Wildman–Crippen MR) is 175 cm³/mol. The summed E-state index contributed by atoms with van der Waals surface area (Å²) in [6, 6.07) is 19.2. The molecule has 3 aromatic carbocycles. The zero-order chi connectivity index (χ0) is 33.5. The van der Waals surface area contributed by atoms with Crippen LogP contribution in [0.15, 0.2) is 78.9 Å². The van der Waals surface area contributed by atoms with E-state index in [0.29, 0.717) is 36.4 Å². The third kappa shape index (κ3) is 8.55. The van der Waals surface area contributed by atoms with Crippen molar-refractivity contribution in [1.29, 1.82) is 0 Å². The number of hydrogen-bond acceptors (Lipinski definition) is 6. The molecular formula is C36H41N5O6. The van der Waals surface area contributed by atoms with Gasteiger partial charge in [-0.25, -0.2) is 0 Å². The summed E-state index contributed by atoms with van der Waals surface area (Å²) in [5.41, 5.74) is 7.49. The molecule has 4 bridgehead atoms. The molecule has 11 heteroatoms. The van der Waals surface area contributed by atoms with E-state index in [1.165, 1.54) is 4.90 Å². The van der Waals surface area contributed by atoms with E-state index in [9.17, 15) is 24.0 Å². The number of carbonyl (C=O) groups is 5. The van der Waals surface area contributed by atoms with Gasteiger partial charge in [0.05, 0.1) is 0 Å². The minimum atomic E-state index is -1.03. The van der Waals surface area contributed by atoms with E-state index in [1.54, 1.807) is 48.5 Å². The van der Waals surface area contributed by atoms with Crippen LogP contribution in [0.5, 0.6) is 11.5 Å². The highest BCUT2D eigenvalue weighted by Gasteiger charge is 2.38. The lowest BCUT2D eigenvalue weighted by Crippen LogP contribution is -2.59. The van der Waals surface area contributed by atoms with E-state index in [4.69, 9.17) is 10.5 Å². The van der Waals surface area contributed by atoms with Gasteiger partial charge in [-0.3, -0.25) is 24.0 Å². The van der Waals surface area contributed by atoms with Gasteiger partial charge in [-0.2, -0.15) is 0 Å². The third-order valence-corrected chi connectivity index (χ3v) is 8.42. The van der Waals surface area contributed by atoms with Crippen LogP contribution in [0.1, 0.15) is 54.6 Å². The van der Waals surface area contributed by atoms with Crippen LogP contribution in [0, 0.1) is 5.92 Å². The number of rotatable bonds is 6. The monoisotopic (exact) mass is 639 g/mol. The topological polar surface area (TPSA) is 160 Å². The number of nitrogens with zero attached hydrogens (tertiary/aromatic N) is 1. The lowest BCUT2D eigenvalue weighted by atomic mass is 9.99. The molecule has 246 valence electrons. The number of carbonyl (C=O) groups excluding carboxylic acids is 5. The van der Waals surface area contributed by atoms with Crippen LogP contribution in [0.2, 0.25) is 0 Å². The Morgan fingerprint density at radius 1 is 0.872 bits per heavy atom. The minimum absolute atomic E-state index is 0.00772. The molecule has 3 heterocycles. The highest BCUT2D eigenvalue weighted by Crippen LogP contribution is 2.25. The molecule has 3 aliphatic rings. The van der Waals surface area contributed by atoms with Crippen molar-refractivity contribution in [2.45, 2.75) is 70.1 Å². The van der Waals surface area contributed by atoms with Crippen molar-refractivity contribution < 1.29 is 28.7 Å². The van der Waals surface area contributed by atoms with Crippen molar-refractivity contribution in [3.05, 3.63) is 95.6 Å². The molecule has 0 aromatic heterocycles. The van der Waals surface area contributed by atoms with E-state index >= 15 is 0 Å². The third-order valence-electron chi connectivity index (χ3n) is 8.42. The quantitative estimate of drug-likeness (QED) is 0.304. The summed E-state index contributed by atoms with van der Waals surface area (Å²) < 4.78 is 6.02. The standard InChI is InChI=1S/C36H41N5O6/c1-22(2)18-28-34(44)40-30(36(46)41-17-7-12-31(41)32(37)42)20-24-13-15-26(16-14-24)47-27-11-6-10-25(21-27)33(43)38-29(35(45)39-28)19-23-8-4-3-5-9-23/h3-6,8-11,13-16,21-22,28-31H,7,12,17-20H2,1-2H3,(H2,37,42)(H,38,43)(H,39,45)(H,40,44)/t28-,29+,30-,31+/m0/s1. The average molecular weight is 640 g/mol. The fourth-order valence-corrected chi connectivity index (χ4v) is 6.04. The Morgan fingerprint density at radius 3 is 2.30 bits per heavy atom. The number of fused-ring (bicyclic) bond motifs is 11. The smallest absolute Gasteiger partial charge is 0.252 e. The molecule has 5 N–H and O–H groups in total. The van der Waals surface area contributed by atoms with Crippen molar-refractivity contribution in [3.63, 3.8) is 0 Å². The molecule has 47 heavy (non-hydrogen) atoms. The number of hydrogen-bond donors (Lipinski definition) is 4. The fourth-order valence-electron chi connectivity index (χ4n) is 6.04. The summed E-state index contributed by atoms with van der Waals surface area (Å²) in [5.74, 6) is -1.63. The molecule has 6 rings (SSSR count). The Kier molecular flexibility index (Phi) is 10.5. The second-order valence-corrected chi connectivity index (χ2v) is 12.5. The summed E-state index contributed by atoms with van der Waals surface area (Å²) in [4.78, 5) is 68.8. The van der Waals surface area contributed by atoms with Gasteiger partial charge in [-0.05, 0) is 66.6 Å². The number of ether oxygens (including phenoxy) is 1. The summed E-state index contributed by atoms with van der Waals surface area (Å²) in [6.45, 7) is 4.20. The Morgan fingerprint density at radius 2 is 1.60 bits per heavy atom. The van der Waals surface area contributed by atoms with E-state index in [2.05, 4.69) is 16.0 Å². The van der Waals surface area contributed by atoms with Crippen LogP contribution in [0.4, 0.5) is 0 Å². The molecule has 0 radical (unpaired) electrons. The van der Waals surface area contributed by atoms with E-state index in [1.807, 2.05) is 44.2 Å². The maximum Gasteiger partial charge on any atom is 0.252 e. The molecular weight excluding hydrogens is 598 g/mol. The Balaban J connectivity index is 1.52. The van der Waals surface area contributed by atoms with E-state index < -0.39 is 53.7 Å². The van der Waals surface area contributed by atoms with E-state index in [-0.39, 0.29) is 25.2 Å². The van der Waals surface area contributed by atoms with Gasteiger partial charge in [0.25, 0.3) is 5.91 Å². The fraction of sp³-hybridized carbons (Fsp3) is 0.361. The number of benzene rings is 3. The van der Waals surface area contributed by atoms with Crippen LogP contribution in [0.3, 0.4) is 0 Å². The van der Waals surface area contributed by atoms with Gasteiger partial charge in [0.15, 0.2) is 0 Å². The van der Waals surface area contributed by atoms with Gasteiger partial charge < -0.3 is 31.3 Å². The van der Waals surface area contributed by atoms with Crippen molar-refractivity contribution >= 4 is 29.5 Å². The maximum absolute atomic E-state index is 13.9. The summed E-state index contributed by atoms with van der Waals surface area (Å²) in [6.07, 6.45) is 1.67. The lowest BCUT2D eigenvalue weighted by Gasteiger charge is -2.30. The number of amides is 5. The molecule has 3 aliphatic heterocycles. The minimum Gasteiger partial charge on any atom is -0.457 e.